The monoisotopic (exact) mass is 308 g/mol. The Balaban J connectivity index is 1.36. The van der Waals surface area contributed by atoms with Crippen molar-refractivity contribution in [3.05, 3.63) is 5.82 Å². The molecular weight excluding hydrogens is 284 g/mol. The Morgan fingerprint density at radius 2 is 2.10 bits per heavy atom. The number of hydrogen-bond acceptors (Lipinski definition) is 5. The molecule has 0 N–H and O–H groups in total. The standard InChI is InChI=1S/C15H24N4OS/c1-11-10-20-8-6-18(11)7-9-21-15-17-16-14(12-2-3-12)19(15)13-4-5-13/h11-13H,2-10H2,1H3. The second kappa shape index (κ2) is 5.89. The summed E-state index contributed by atoms with van der Waals surface area (Å²) in [6.07, 6.45) is 5.24. The van der Waals surface area contributed by atoms with Crippen LogP contribution in [0.1, 0.15) is 50.4 Å². The van der Waals surface area contributed by atoms with Crippen LogP contribution in [0.15, 0.2) is 5.16 Å². The van der Waals surface area contributed by atoms with Crippen LogP contribution in [-0.4, -0.2) is 57.8 Å². The minimum Gasteiger partial charge on any atom is -0.379 e. The van der Waals surface area contributed by atoms with E-state index in [4.69, 9.17) is 4.74 Å². The normalized spacial score (nSPS) is 27.2. The predicted octanol–water partition coefficient (Wildman–Crippen LogP) is 2.30. The van der Waals surface area contributed by atoms with Gasteiger partial charge in [-0.05, 0) is 32.6 Å². The van der Waals surface area contributed by atoms with Gasteiger partial charge >= 0.3 is 0 Å². The summed E-state index contributed by atoms with van der Waals surface area (Å²) in [6.45, 7) is 6.17. The summed E-state index contributed by atoms with van der Waals surface area (Å²) in [5, 5.41) is 10.1. The molecule has 3 fully saturated rings. The molecular formula is C15H24N4OS. The van der Waals surface area contributed by atoms with Gasteiger partial charge in [-0.3, -0.25) is 4.90 Å². The quantitative estimate of drug-likeness (QED) is 0.755. The zero-order valence-corrected chi connectivity index (χ0v) is 13.5. The molecule has 5 nitrogen and oxygen atoms in total. The molecule has 1 aromatic rings. The van der Waals surface area contributed by atoms with Gasteiger partial charge in [0.25, 0.3) is 0 Å². The first-order valence-electron chi connectivity index (χ1n) is 8.22. The van der Waals surface area contributed by atoms with E-state index in [9.17, 15) is 0 Å². The number of rotatable bonds is 6. The molecule has 21 heavy (non-hydrogen) atoms. The van der Waals surface area contributed by atoms with E-state index in [1.165, 1.54) is 31.5 Å². The number of morpholine rings is 1. The van der Waals surface area contributed by atoms with Crippen molar-refractivity contribution in [2.45, 2.75) is 55.8 Å². The Morgan fingerprint density at radius 3 is 2.81 bits per heavy atom. The first-order valence-corrected chi connectivity index (χ1v) is 9.21. The van der Waals surface area contributed by atoms with E-state index in [1.807, 2.05) is 11.8 Å². The summed E-state index contributed by atoms with van der Waals surface area (Å²) < 4.78 is 7.95. The molecule has 0 bridgehead atoms. The smallest absolute Gasteiger partial charge is 0.191 e. The van der Waals surface area contributed by atoms with Gasteiger partial charge in [-0.1, -0.05) is 11.8 Å². The molecule has 1 aromatic heterocycles. The van der Waals surface area contributed by atoms with Crippen molar-refractivity contribution in [2.75, 3.05) is 32.1 Å². The van der Waals surface area contributed by atoms with Gasteiger partial charge < -0.3 is 9.30 Å². The zero-order chi connectivity index (χ0) is 14.2. The van der Waals surface area contributed by atoms with Gasteiger partial charge in [-0.15, -0.1) is 10.2 Å². The highest BCUT2D eigenvalue weighted by molar-refractivity contribution is 7.99. The van der Waals surface area contributed by atoms with Crippen molar-refractivity contribution >= 4 is 11.8 Å². The van der Waals surface area contributed by atoms with Gasteiger partial charge in [0.05, 0.1) is 13.2 Å². The third-order valence-corrected chi connectivity index (χ3v) is 5.58. The van der Waals surface area contributed by atoms with Crippen molar-refractivity contribution in [2.24, 2.45) is 0 Å². The largest absolute Gasteiger partial charge is 0.379 e. The van der Waals surface area contributed by atoms with Crippen molar-refractivity contribution in [1.82, 2.24) is 19.7 Å². The van der Waals surface area contributed by atoms with Crippen LogP contribution in [0, 0.1) is 0 Å². The Bertz CT molecular complexity index is 498. The fraction of sp³-hybridized carbons (Fsp3) is 0.867. The van der Waals surface area contributed by atoms with Crippen LogP contribution in [0.2, 0.25) is 0 Å². The van der Waals surface area contributed by atoms with Crippen LogP contribution < -0.4 is 0 Å². The molecule has 1 atom stereocenters. The molecule has 1 unspecified atom stereocenters. The van der Waals surface area contributed by atoms with Crippen LogP contribution in [-0.2, 0) is 4.74 Å². The SMILES string of the molecule is CC1COCCN1CCSc1nnc(C2CC2)n1C1CC1. The second-order valence-electron chi connectivity index (χ2n) is 6.52. The van der Waals surface area contributed by atoms with Crippen LogP contribution in [0.4, 0.5) is 0 Å². The molecule has 0 radical (unpaired) electrons. The molecule has 0 spiro atoms. The number of nitrogens with zero attached hydrogens (tertiary/aromatic N) is 4. The minimum absolute atomic E-state index is 0.544. The van der Waals surface area contributed by atoms with Gasteiger partial charge in [-0.2, -0.15) is 0 Å². The highest BCUT2D eigenvalue weighted by atomic mass is 32.2. The number of aromatic nitrogens is 3. The van der Waals surface area contributed by atoms with Gasteiger partial charge in [-0.25, -0.2) is 0 Å². The van der Waals surface area contributed by atoms with Crippen molar-refractivity contribution < 1.29 is 4.74 Å². The third kappa shape index (κ3) is 3.12. The molecule has 0 amide bonds. The summed E-state index contributed by atoms with van der Waals surface area (Å²) in [4.78, 5) is 2.52. The van der Waals surface area contributed by atoms with Crippen LogP contribution in [0.3, 0.4) is 0 Å². The lowest BCUT2D eigenvalue weighted by molar-refractivity contribution is 0.00298. The maximum Gasteiger partial charge on any atom is 0.191 e. The summed E-state index contributed by atoms with van der Waals surface area (Å²) in [7, 11) is 0. The Kier molecular flexibility index (Phi) is 3.94. The summed E-state index contributed by atoms with van der Waals surface area (Å²) in [6, 6.07) is 1.24. The zero-order valence-electron chi connectivity index (χ0n) is 12.7. The molecule has 116 valence electrons. The first-order chi connectivity index (χ1) is 10.3. The van der Waals surface area contributed by atoms with E-state index < -0.39 is 0 Å². The predicted molar refractivity (Wildman–Crippen MR) is 82.8 cm³/mol. The summed E-state index contributed by atoms with van der Waals surface area (Å²) >= 11 is 1.88. The van der Waals surface area contributed by atoms with E-state index in [1.54, 1.807) is 0 Å². The van der Waals surface area contributed by atoms with Crippen molar-refractivity contribution in [3.8, 4) is 0 Å². The second-order valence-corrected chi connectivity index (χ2v) is 7.59. The van der Waals surface area contributed by atoms with Crippen molar-refractivity contribution in [3.63, 3.8) is 0 Å². The number of ether oxygens (including phenoxy) is 1. The van der Waals surface area contributed by atoms with Gasteiger partial charge in [0, 0.05) is 36.8 Å². The Morgan fingerprint density at radius 1 is 1.24 bits per heavy atom. The fourth-order valence-corrected chi connectivity index (χ4v) is 4.02. The number of thioether (sulfide) groups is 1. The topological polar surface area (TPSA) is 43.2 Å². The van der Waals surface area contributed by atoms with E-state index in [0.29, 0.717) is 18.0 Å². The number of hydrogen-bond donors (Lipinski definition) is 0. The summed E-state index contributed by atoms with van der Waals surface area (Å²) in [5.41, 5.74) is 0. The first kappa shape index (κ1) is 14.0. The van der Waals surface area contributed by atoms with Gasteiger partial charge in [0.2, 0.25) is 0 Å². The van der Waals surface area contributed by atoms with Crippen LogP contribution >= 0.6 is 11.8 Å². The van der Waals surface area contributed by atoms with Gasteiger partial charge in [0.15, 0.2) is 5.16 Å². The van der Waals surface area contributed by atoms with Crippen molar-refractivity contribution in [1.29, 1.82) is 0 Å². The van der Waals surface area contributed by atoms with E-state index >= 15 is 0 Å². The molecule has 1 aliphatic heterocycles. The fourth-order valence-electron chi connectivity index (χ4n) is 3.03. The molecule has 4 rings (SSSR count). The average Bonchev–Trinajstić information content (AvgIpc) is 3.40. The van der Waals surface area contributed by atoms with Crippen LogP contribution in [0.25, 0.3) is 0 Å². The molecule has 2 saturated carbocycles. The third-order valence-electron chi connectivity index (χ3n) is 4.66. The lowest BCUT2D eigenvalue weighted by atomic mass is 10.2. The lowest BCUT2D eigenvalue weighted by Gasteiger charge is -2.32. The molecule has 2 heterocycles. The summed E-state index contributed by atoms with van der Waals surface area (Å²) in [5.74, 6) is 3.06. The van der Waals surface area contributed by atoms with E-state index in [-0.39, 0.29) is 0 Å². The average molecular weight is 308 g/mol. The molecule has 2 aliphatic carbocycles. The Labute approximate surface area is 130 Å². The van der Waals surface area contributed by atoms with Gasteiger partial charge in [0.1, 0.15) is 5.82 Å². The molecule has 0 aromatic carbocycles. The Hall–Kier alpha value is -0.590. The molecule has 3 aliphatic rings. The molecule has 6 heteroatoms. The lowest BCUT2D eigenvalue weighted by Crippen LogP contribution is -2.44. The maximum atomic E-state index is 5.50. The van der Waals surface area contributed by atoms with Crippen LogP contribution in [0.5, 0.6) is 0 Å². The molecule has 1 saturated heterocycles. The van der Waals surface area contributed by atoms with E-state index in [0.717, 1.165) is 37.2 Å². The van der Waals surface area contributed by atoms with E-state index in [2.05, 4.69) is 26.6 Å². The highest BCUT2D eigenvalue weighted by Crippen LogP contribution is 2.45. The minimum atomic E-state index is 0.544. The highest BCUT2D eigenvalue weighted by Gasteiger charge is 2.36. The maximum absolute atomic E-state index is 5.50.